The number of piperidine rings is 1. The van der Waals surface area contributed by atoms with Crippen molar-refractivity contribution in [2.24, 2.45) is 5.92 Å². The lowest BCUT2D eigenvalue weighted by molar-refractivity contribution is 0.0628. The summed E-state index contributed by atoms with van der Waals surface area (Å²) in [4.78, 5) is 12.5. The lowest BCUT2D eigenvalue weighted by atomic mass is 9.99. The molecule has 2 atom stereocenters. The van der Waals surface area contributed by atoms with E-state index in [0.717, 1.165) is 6.07 Å². The quantitative estimate of drug-likeness (QED) is 0.726. The van der Waals surface area contributed by atoms with E-state index in [1.54, 1.807) is 6.92 Å². The van der Waals surface area contributed by atoms with Crippen LogP contribution in [0.3, 0.4) is 0 Å². The zero-order valence-electron chi connectivity index (χ0n) is 15.4. The van der Waals surface area contributed by atoms with Crippen LogP contribution in [0.25, 0.3) is 0 Å². The largest absolute Gasteiger partial charge is 0.393 e. The summed E-state index contributed by atoms with van der Waals surface area (Å²) in [6, 6.07) is 7.54. The van der Waals surface area contributed by atoms with E-state index in [0.29, 0.717) is 6.42 Å². The molecule has 29 heavy (non-hydrogen) atoms. The summed E-state index contributed by atoms with van der Waals surface area (Å²) in [7, 11) is -3.86. The van der Waals surface area contributed by atoms with E-state index in [1.807, 2.05) is 0 Å². The van der Waals surface area contributed by atoms with E-state index in [9.17, 15) is 22.7 Å². The highest BCUT2D eigenvalue weighted by molar-refractivity contribution is 7.89. The Morgan fingerprint density at radius 1 is 1.21 bits per heavy atom. The molecule has 1 heterocycles. The molecule has 0 saturated carbocycles. The van der Waals surface area contributed by atoms with Crippen molar-refractivity contribution in [1.29, 1.82) is 0 Å². The minimum Gasteiger partial charge on any atom is -0.393 e. The molecule has 0 aliphatic carbocycles. The number of halogens is 3. The molecule has 0 bridgehead atoms. The van der Waals surface area contributed by atoms with Crippen molar-refractivity contribution in [3.63, 3.8) is 0 Å². The molecule has 6 nitrogen and oxygen atoms in total. The maximum Gasteiger partial charge on any atom is 0.257 e. The predicted octanol–water partition coefficient (Wildman–Crippen LogP) is 3.78. The van der Waals surface area contributed by atoms with Gasteiger partial charge in [-0.15, -0.1) is 0 Å². The number of aliphatic hydroxyl groups is 1. The number of anilines is 1. The average Bonchev–Trinajstić information content (AvgIpc) is 2.67. The number of nitrogens with one attached hydrogen (secondary N) is 1. The Hall–Kier alpha value is -1.71. The van der Waals surface area contributed by atoms with Gasteiger partial charge in [-0.1, -0.05) is 30.1 Å². The number of hydrogen-bond donors (Lipinski definition) is 2. The summed E-state index contributed by atoms with van der Waals surface area (Å²) in [6.45, 7) is 2.15. The van der Waals surface area contributed by atoms with Gasteiger partial charge >= 0.3 is 0 Å². The third-order valence-electron chi connectivity index (χ3n) is 4.82. The summed E-state index contributed by atoms with van der Waals surface area (Å²) in [5, 5.41) is 12.3. The summed E-state index contributed by atoms with van der Waals surface area (Å²) >= 11 is 11.8. The topological polar surface area (TPSA) is 86.7 Å². The van der Waals surface area contributed by atoms with Crippen LogP contribution in [0.2, 0.25) is 10.0 Å². The number of sulfonamides is 1. The number of carbonyl (C=O) groups excluding carboxylic acids is 1. The Bertz CT molecular complexity index is 1050. The van der Waals surface area contributed by atoms with Gasteiger partial charge in [0.1, 0.15) is 5.82 Å². The second-order valence-electron chi connectivity index (χ2n) is 6.92. The maximum atomic E-state index is 13.3. The highest BCUT2D eigenvalue weighted by atomic mass is 35.5. The number of carbonyl (C=O) groups is 1. The molecule has 1 amide bonds. The van der Waals surface area contributed by atoms with Gasteiger partial charge in [0.05, 0.1) is 26.6 Å². The predicted molar refractivity (Wildman–Crippen MR) is 109 cm³/mol. The van der Waals surface area contributed by atoms with E-state index in [-0.39, 0.29) is 45.2 Å². The normalized spacial score (nSPS) is 20.4. The summed E-state index contributed by atoms with van der Waals surface area (Å²) in [5.74, 6) is -1.48. The molecule has 10 heteroatoms. The fourth-order valence-corrected chi connectivity index (χ4v) is 5.04. The minimum atomic E-state index is -3.86. The highest BCUT2D eigenvalue weighted by Gasteiger charge is 2.33. The van der Waals surface area contributed by atoms with Crippen LogP contribution in [0, 0.1) is 11.7 Å². The first-order chi connectivity index (χ1) is 13.6. The van der Waals surface area contributed by atoms with Gasteiger partial charge in [0.25, 0.3) is 5.91 Å². The second kappa shape index (κ2) is 8.57. The van der Waals surface area contributed by atoms with E-state index in [1.165, 1.54) is 34.6 Å². The number of amides is 1. The number of hydrogen-bond acceptors (Lipinski definition) is 4. The van der Waals surface area contributed by atoms with Crippen LogP contribution >= 0.6 is 23.2 Å². The third kappa shape index (κ3) is 4.73. The van der Waals surface area contributed by atoms with E-state index >= 15 is 0 Å². The van der Waals surface area contributed by atoms with Crippen molar-refractivity contribution < 1.29 is 22.7 Å². The van der Waals surface area contributed by atoms with Crippen LogP contribution in [0.5, 0.6) is 0 Å². The molecular weight excluding hydrogens is 442 g/mol. The zero-order chi connectivity index (χ0) is 21.3. The number of rotatable bonds is 4. The Balaban J connectivity index is 1.87. The molecule has 1 aliphatic rings. The molecule has 2 unspecified atom stereocenters. The monoisotopic (exact) mass is 460 g/mol. The molecule has 0 aromatic heterocycles. The SMILES string of the molecule is CC1CN(S(=O)(=O)c2ccc(Cl)c(C(=O)Nc3ccc(F)c(Cl)c3)c2)CCC1O. The Kier molecular flexibility index (Phi) is 6.50. The van der Waals surface area contributed by atoms with Crippen LogP contribution in [0.1, 0.15) is 23.7 Å². The van der Waals surface area contributed by atoms with Crippen molar-refractivity contribution in [1.82, 2.24) is 4.31 Å². The number of nitrogens with zero attached hydrogens (tertiary/aromatic N) is 1. The van der Waals surface area contributed by atoms with Gasteiger partial charge in [-0.25, -0.2) is 12.8 Å². The lowest BCUT2D eigenvalue weighted by Gasteiger charge is -2.33. The summed E-state index contributed by atoms with van der Waals surface area (Å²) in [5.41, 5.74) is 0.197. The van der Waals surface area contributed by atoms with Gasteiger partial charge < -0.3 is 10.4 Å². The molecule has 2 N–H and O–H groups in total. The van der Waals surface area contributed by atoms with E-state index < -0.39 is 27.9 Å². The maximum absolute atomic E-state index is 13.3. The van der Waals surface area contributed by atoms with Gasteiger partial charge in [0.2, 0.25) is 10.0 Å². The van der Waals surface area contributed by atoms with Crippen LogP contribution < -0.4 is 5.32 Å². The average molecular weight is 461 g/mol. The molecule has 3 rings (SSSR count). The molecule has 156 valence electrons. The number of aliphatic hydroxyl groups excluding tert-OH is 1. The molecule has 1 saturated heterocycles. The van der Waals surface area contributed by atoms with Gasteiger partial charge in [0, 0.05) is 18.8 Å². The molecule has 2 aromatic carbocycles. The molecule has 2 aromatic rings. The van der Waals surface area contributed by atoms with E-state index in [4.69, 9.17) is 23.2 Å². The first-order valence-electron chi connectivity index (χ1n) is 8.84. The zero-order valence-corrected chi connectivity index (χ0v) is 17.7. The van der Waals surface area contributed by atoms with Crippen molar-refractivity contribution in [2.75, 3.05) is 18.4 Å². The molecule has 0 spiro atoms. The van der Waals surface area contributed by atoms with Crippen LogP contribution in [-0.2, 0) is 10.0 Å². The Labute approximate surface area is 178 Å². The third-order valence-corrected chi connectivity index (χ3v) is 7.30. The summed E-state index contributed by atoms with van der Waals surface area (Å²) < 4.78 is 40.5. The van der Waals surface area contributed by atoms with Crippen molar-refractivity contribution in [3.8, 4) is 0 Å². The standard InChI is InChI=1S/C19H19Cl2FN2O4S/c1-11-10-24(7-6-18(11)25)29(27,28)13-3-4-15(20)14(9-13)19(26)23-12-2-5-17(22)16(21)8-12/h2-5,8-9,11,18,25H,6-7,10H2,1H3,(H,23,26). The fraction of sp³-hybridized carbons (Fsp3) is 0.316. The van der Waals surface area contributed by atoms with Crippen molar-refractivity contribution >= 4 is 44.8 Å². The first-order valence-corrected chi connectivity index (χ1v) is 11.0. The highest BCUT2D eigenvalue weighted by Crippen LogP contribution is 2.28. The Morgan fingerprint density at radius 3 is 2.59 bits per heavy atom. The van der Waals surface area contributed by atoms with Gasteiger partial charge in [-0.2, -0.15) is 4.31 Å². The van der Waals surface area contributed by atoms with Crippen LogP contribution in [0.4, 0.5) is 10.1 Å². The first kappa shape index (κ1) is 22.0. The van der Waals surface area contributed by atoms with Gasteiger partial charge in [-0.05, 0) is 48.7 Å². The van der Waals surface area contributed by atoms with Crippen molar-refractivity contribution in [2.45, 2.75) is 24.3 Å². The lowest BCUT2D eigenvalue weighted by Crippen LogP contribution is -2.44. The smallest absolute Gasteiger partial charge is 0.257 e. The fourth-order valence-electron chi connectivity index (χ4n) is 3.07. The molecule has 1 fully saturated rings. The molecule has 1 aliphatic heterocycles. The molecular formula is C19H19Cl2FN2O4S. The van der Waals surface area contributed by atoms with Crippen molar-refractivity contribution in [3.05, 3.63) is 57.8 Å². The minimum absolute atomic E-state index is 0.0433. The van der Waals surface area contributed by atoms with Gasteiger partial charge in [0.15, 0.2) is 0 Å². The van der Waals surface area contributed by atoms with Crippen LogP contribution in [-0.4, -0.2) is 42.9 Å². The Morgan fingerprint density at radius 2 is 1.93 bits per heavy atom. The van der Waals surface area contributed by atoms with Crippen LogP contribution in [0.15, 0.2) is 41.3 Å². The van der Waals surface area contributed by atoms with Gasteiger partial charge in [-0.3, -0.25) is 4.79 Å². The number of benzene rings is 2. The molecule has 0 radical (unpaired) electrons. The van der Waals surface area contributed by atoms with E-state index in [2.05, 4.69) is 5.32 Å². The second-order valence-corrected chi connectivity index (χ2v) is 9.67. The summed E-state index contributed by atoms with van der Waals surface area (Å²) in [6.07, 6.45) is -0.206.